The molecule has 1 aliphatic rings. The fourth-order valence-electron chi connectivity index (χ4n) is 2.48. The zero-order valence-corrected chi connectivity index (χ0v) is 10.4. The third kappa shape index (κ3) is 2.86. The molecule has 0 amide bonds. The zero-order valence-electron chi connectivity index (χ0n) is 10.4. The summed E-state index contributed by atoms with van der Waals surface area (Å²) < 4.78 is 0. The molecular weight excluding hydrogens is 226 g/mol. The average Bonchev–Trinajstić information content (AvgIpc) is 2.42. The second-order valence-corrected chi connectivity index (χ2v) is 4.80. The van der Waals surface area contributed by atoms with Crippen molar-refractivity contribution in [2.45, 2.75) is 19.1 Å². The second-order valence-electron chi connectivity index (χ2n) is 4.80. The number of aliphatic hydroxyl groups excluding tert-OH is 1. The number of ketones is 1. The number of allylic oxidation sites excluding steroid dienone is 1. The van der Waals surface area contributed by atoms with Gasteiger partial charge in [-0.25, -0.2) is 0 Å². The lowest BCUT2D eigenvalue weighted by Gasteiger charge is -2.33. The summed E-state index contributed by atoms with van der Waals surface area (Å²) >= 11 is 0. The minimum Gasteiger partial charge on any atom is -0.378 e. The van der Waals surface area contributed by atoms with E-state index in [1.807, 2.05) is 30.3 Å². The van der Waals surface area contributed by atoms with Crippen LogP contribution in [-0.2, 0) is 0 Å². The molecule has 18 heavy (non-hydrogen) atoms. The average molecular weight is 245 g/mol. The van der Waals surface area contributed by atoms with Gasteiger partial charge < -0.3 is 5.11 Å². The van der Waals surface area contributed by atoms with Crippen molar-refractivity contribution in [1.29, 1.82) is 0 Å². The number of Topliss-reactive ketones (excluding diaryl/α,β-unsaturated/α-hetero) is 1. The Morgan fingerprint density at radius 1 is 1.44 bits per heavy atom. The molecule has 1 heterocycles. The van der Waals surface area contributed by atoms with Crippen molar-refractivity contribution in [3.05, 3.63) is 48.6 Å². The standard InChI is InChI=1S/C15H19NO2/c1-2-6-12-9-13(10-16-15(12)18)14(17)11-7-4-3-5-8-11/h2-5,7-8,12-13,15-16,18H,1,6,9-10H2. The summed E-state index contributed by atoms with van der Waals surface area (Å²) in [5, 5.41) is 12.8. The summed E-state index contributed by atoms with van der Waals surface area (Å²) in [5.74, 6) is 0.179. The van der Waals surface area contributed by atoms with E-state index in [-0.39, 0.29) is 17.6 Å². The number of hydrogen-bond acceptors (Lipinski definition) is 3. The highest BCUT2D eigenvalue weighted by Crippen LogP contribution is 2.26. The van der Waals surface area contributed by atoms with Crippen molar-refractivity contribution >= 4 is 5.78 Å². The molecule has 1 aromatic carbocycles. The predicted molar refractivity (Wildman–Crippen MR) is 71.2 cm³/mol. The van der Waals surface area contributed by atoms with E-state index >= 15 is 0 Å². The fraction of sp³-hybridized carbons (Fsp3) is 0.400. The molecule has 0 aromatic heterocycles. The van der Waals surface area contributed by atoms with Gasteiger partial charge >= 0.3 is 0 Å². The van der Waals surface area contributed by atoms with E-state index in [2.05, 4.69) is 11.9 Å². The highest BCUT2D eigenvalue weighted by Gasteiger charge is 2.32. The molecule has 2 rings (SSSR count). The highest BCUT2D eigenvalue weighted by molar-refractivity contribution is 5.98. The first-order valence-electron chi connectivity index (χ1n) is 6.34. The van der Waals surface area contributed by atoms with Gasteiger partial charge in [-0.3, -0.25) is 10.1 Å². The molecule has 2 N–H and O–H groups in total. The third-order valence-corrected chi connectivity index (χ3v) is 3.51. The van der Waals surface area contributed by atoms with Crippen LogP contribution in [0.3, 0.4) is 0 Å². The van der Waals surface area contributed by atoms with E-state index < -0.39 is 6.23 Å². The van der Waals surface area contributed by atoms with Gasteiger partial charge in [0.25, 0.3) is 0 Å². The number of nitrogens with one attached hydrogen (secondary N) is 1. The molecule has 1 fully saturated rings. The number of hydrogen-bond donors (Lipinski definition) is 2. The summed E-state index contributed by atoms with van der Waals surface area (Å²) in [4.78, 5) is 12.3. The summed E-state index contributed by atoms with van der Waals surface area (Å²) in [6.07, 6.45) is 2.72. The van der Waals surface area contributed by atoms with Gasteiger partial charge in [0.15, 0.2) is 5.78 Å². The molecule has 1 aliphatic heterocycles. The highest BCUT2D eigenvalue weighted by atomic mass is 16.3. The van der Waals surface area contributed by atoms with Gasteiger partial charge in [-0.1, -0.05) is 36.4 Å². The molecule has 3 atom stereocenters. The van der Waals surface area contributed by atoms with Crippen molar-refractivity contribution in [3.8, 4) is 0 Å². The van der Waals surface area contributed by atoms with Crippen molar-refractivity contribution in [2.75, 3.05) is 6.54 Å². The number of benzene rings is 1. The summed E-state index contributed by atoms with van der Waals surface area (Å²) in [6, 6.07) is 9.34. The summed E-state index contributed by atoms with van der Waals surface area (Å²) in [7, 11) is 0. The van der Waals surface area contributed by atoms with Gasteiger partial charge in [0.1, 0.15) is 6.23 Å². The Balaban J connectivity index is 2.05. The Morgan fingerprint density at radius 2 is 2.17 bits per heavy atom. The van der Waals surface area contributed by atoms with Crippen molar-refractivity contribution in [1.82, 2.24) is 5.32 Å². The van der Waals surface area contributed by atoms with Crippen molar-refractivity contribution < 1.29 is 9.90 Å². The maximum absolute atomic E-state index is 12.3. The minimum absolute atomic E-state index is 0.0549. The molecular formula is C15H19NO2. The van der Waals surface area contributed by atoms with Gasteiger partial charge in [-0.15, -0.1) is 6.58 Å². The lowest BCUT2D eigenvalue weighted by molar-refractivity contribution is 0.0309. The number of aliphatic hydroxyl groups is 1. The maximum atomic E-state index is 12.3. The SMILES string of the molecule is C=CCC1CC(C(=O)c2ccccc2)CNC1O. The first-order valence-corrected chi connectivity index (χ1v) is 6.34. The van der Waals surface area contributed by atoms with Crippen LogP contribution < -0.4 is 5.32 Å². The van der Waals surface area contributed by atoms with Crippen LogP contribution in [0.15, 0.2) is 43.0 Å². The van der Waals surface area contributed by atoms with Crippen molar-refractivity contribution in [2.24, 2.45) is 11.8 Å². The first kappa shape index (κ1) is 13.0. The minimum atomic E-state index is -0.525. The Labute approximate surface area is 108 Å². The smallest absolute Gasteiger partial charge is 0.167 e. The molecule has 96 valence electrons. The molecule has 0 spiro atoms. The van der Waals surface area contributed by atoms with Crippen LogP contribution in [-0.4, -0.2) is 23.7 Å². The van der Waals surface area contributed by atoms with Gasteiger partial charge in [0.05, 0.1) is 0 Å². The van der Waals surface area contributed by atoms with Gasteiger partial charge in [-0.2, -0.15) is 0 Å². The molecule has 3 unspecified atom stereocenters. The van der Waals surface area contributed by atoms with Crippen LogP contribution in [0.25, 0.3) is 0 Å². The molecule has 1 saturated heterocycles. The number of carbonyl (C=O) groups is 1. The second kappa shape index (κ2) is 5.94. The van der Waals surface area contributed by atoms with E-state index in [0.29, 0.717) is 13.0 Å². The van der Waals surface area contributed by atoms with Gasteiger partial charge in [0.2, 0.25) is 0 Å². The normalized spacial score (nSPS) is 27.7. The van der Waals surface area contributed by atoms with E-state index in [0.717, 1.165) is 12.0 Å². The largest absolute Gasteiger partial charge is 0.378 e. The monoisotopic (exact) mass is 245 g/mol. The molecule has 0 radical (unpaired) electrons. The zero-order chi connectivity index (χ0) is 13.0. The lowest BCUT2D eigenvalue weighted by Crippen LogP contribution is -2.47. The Kier molecular flexibility index (Phi) is 4.28. The van der Waals surface area contributed by atoms with E-state index in [1.165, 1.54) is 0 Å². The number of rotatable bonds is 4. The first-order chi connectivity index (χ1) is 8.72. The molecule has 0 saturated carbocycles. The van der Waals surface area contributed by atoms with Crippen LogP contribution in [0.1, 0.15) is 23.2 Å². The number of piperidine rings is 1. The molecule has 3 nitrogen and oxygen atoms in total. The van der Waals surface area contributed by atoms with Crippen molar-refractivity contribution in [3.63, 3.8) is 0 Å². The molecule has 0 aliphatic carbocycles. The van der Waals surface area contributed by atoms with Crippen LogP contribution in [0.4, 0.5) is 0 Å². The Bertz CT molecular complexity index is 416. The topological polar surface area (TPSA) is 49.3 Å². The summed E-state index contributed by atoms with van der Waals surface area (Å²) in [5.41, 5.74) is 0.748. The van der Waals surface area contributed by atoms with E-state index in [9.17, 15) is 9.90 Å². The van der Waals surface area contributed by atoms with Crippen LogP contribution in [0.5, 0.6) is 0 Å². The van der Waals surface area contributed by atoms with E-state index in [4.69, 9.17) is 0 Å². The maximum Gasteiger partial charge on any atom is 0.167 e. The third-order valence-electron chi connectivity index (χ3n) is 3.51. The number of carbonyl (C=O) groups excluding carboxylic acids is 1. The fourth-order valence-corrected chi connectivity index (χ4v) is 2.48. The lowest BCUT2D eigenvalue weighted by atomic mass is 9.83. The van der Waals surface area contributed by atoms with Gasteiger partial charge in [0, 0.05) is 23.9 Å². The Morgan fingerprint density at radius 3 is 2.83 bits per heavy atom. The predicted octanol–water partition coefficient (Wildman–Crippen LogP) is 1.99. The van der Waals surface area contributed by atoms with Crippen LogP contribution >= 0.6 is 0 Å². The van der Waals surface area contributed by atoms with Crippen LogP contribution in [0.2, 0.25) is 0 Å². The molecule has 0 bridgehead atoms. The van der Waals surface area contributed by atoms with E-state index in [1.54, 1.807) is 6.08 Å². The Hall–Kier alpha value is -1.45. The van der Waals surface area contributed by atoms with Crippen LogP contribution in [0, 0.1) is 11.8 Å². The molecule has 1 aromatic rings. The van der Waals surface area contributed by atoms with Gasteiger partial charge in [-0.05, 0) is 12.8 Å². The molecule has 3 heteroatoms. The summed E-state index contributed by atoms with van der Waals surface area (Å²) in [6.45, 7) is 4.24. The quantitative estimate of drug-likeness (QED) is 0.630.